The molecule has 2 amide bonds. The molecule has 0 atom stereocenters. The highest BCUT2D eigenvalue weighted by Gasteiger charge is 2.22. The largest absolute Gasteiger partial charge is 0.351 e. The third kappa shape index (κ3) is 4.99. The Bertz CT molecular complexity index is 832. The van der Waals surface area contributed by atoms with E-state index in [1.165, 1.54) is 6.42 Å². The summed E-state index contributed by atoms with van der Waals surface area (Å²) in [5, 5.41) is 14.5. The van der Waals surface area contributed by atoms with E-state index in [1.807, 2.05) is 24.6 Å². The van der Waals surface area contributed by atoms with E-state index in [-0.39, 0.29) is 17.7 Å². The topological polar surface area (TPSA) is 93.8 Å². The van der Waals surface area contributed by atoms with E-state index in [9.17, 15) is 9.59 Å². The summed E-state index contributed by atoms with van der Waals surface area (Å²) in [6.45, 7) is 5.29. The van der Waals surface area contributed by atoms with Crippen LogP contribution < -0.4 is 10.6 Å². The zero-order valence-electron chi connectivity index (χ0n) is 17.0. The summed E-state index contributed by atoms with van der Waals surface area (Å²) in [5.41, 5.74) is 2.43. The van der Waals surface area contributed by atoms with Crippen molar-refractivity contribution in [3.8, 4) is 0 Å². The number of aromatic nitrogens is 4. The SMILES string of the molecule is Cc1cc(C)n(CCCNC(=O)c2cc(NC(=O)C3CCCCC3)n(C)n2)n1. The Hall–Kier alpha value is -2.64. The molecule has 0 aliphatic heterocycles. The second kappa shape index (κ2) is 9.03. The summed E-state index contributed by atoms with van der Waals surface area (Å²) in [7, 11) is 1.73. The maximum atomic E-state index is 12.4. The van der Waals surface area contributed by atoms with E-state index in [2.05, 4.69) is 20.8 Å². The smallest absolute Gasteiger partial charge is 0.271 e. The first-order chi connectivity index (χ1) is 13.4. The average molecular weight is 387 g/mol. The van der Waals surface area contributed by atoms with Gasteiger partial charge in [-0.1, -0.05) is 19.3 Å². The van der Waals surface area contributed by atoms with Crippen molar-refractivity contribution in [2.24, 2.45) is 13.0 Å². The zero-order valence-corrected chi connectivity index (χ0v) is 17.0. The lowest BCUT2D eigenvalue weighted by atomic mass is 9.89. The molecule has 0 saturated heterocycles. The second-order valence-electron chi connectivity index (χ2n) is 7.62. The minimum Gasteiger partial charge on any atom is -0.351 e. The van der Waals surface area contributed by atoms with Crippen LogP contribution in [0.15, 0.2) is 12.1 Å². The van der Waals surface area contributed by atoms with Gasteiger partial charge in [0.25, 0.3) is 5.91 Å². The van der Waals surface area contributed by atoms with Crippen molar-refractivity contribution < 1.29 is 9.59 Å². The Morgan fingerprint density at radius 3 is 2.57 bits per heavy atom. The molecule has 0 bridgehead atoms. The third-order valence-corrected chi connectivity index (χ3v) is 5.28. The number of amides is 2. The van der Waals surface area contributed by atoms with Gasteiger partial charge in [-0.3, -0.25) is 19.0 Å². The standard InChI is InChI=1S/C20H30N6O2/c1-14-12-15(2)26(23-14)11-7-10-21-20(28)17-13-18(25(3)24-17)22-19(27)16-8-5-4-6-9-16/h12-13,16H,4-11H2,1-3H3,(H,21,28)(H,22,27). The quantitative estimate of drug-likeness (QED) is 0.715. The molecule has 2 heterocycles. The highest BCUT2D eigenvalue weighted by atomic mass is 16.2. The van der Waals surface area contributed by atoms with Crippen molar-refractivity contribution in [1.82, 2.24) is 24.9 Å². The first kappa shape index (κ1) is 20.1. The molecule has 2 N–H and O–H groups in total. The summed E-state index contributed by atoms with van der Waals surface area (Å²) in [6, 6.07) is 3.67. The molecular formula is C20H30N6O2. The third-order valence-electron chi connectivity index (χ3n) is 5.28. The van der Waals surface area contributed by atoms with Crippen LogP contribution in [0.4, 0.5) is 5.82 Å². The van der Waals surface area contributed by atoms with Crippen molar-refractivity contribution in [2.45, 2.75) is 58.9 Å². The number of nitrogens with one attached hydrogen (secondary N) is 2. The van der Waals surface area contributed by atoms with E-state index in [4.69, 9.17) is 0 Å². The van der Waals surface area contributed by atoms with E-state index >= 15 is 0 Å². The lowest BCUT2D eigenvalue weighted by Crippen LogP contribution is -2.26. The van der Waals surface area contributed by atoms with Gasteiger partial charge >= 0.3 is 0 Å². The van der Waals surface area contributed by atoms with E-state index < -0.39 is 0 Å². The van der Waals surface area contributed by atoms with Crippen LogP contribution in [0.3, 0.4) is 0 Å². The molecule has 152 valence electrons. The number of hydrogen-bond acceptors (Lipinski definition) is 4. The van der Waals surface area contributed by atoms with Crippen LogP contribution in [0.2, 0.25) is 0 Å². The van der Waals surface area contributed by atoms with Crippen LogP contribution in [0.1, 0.15) is 60.4 Å². The van der Waals surface area contributed by atoms with Gasteiger partial charge in [0.15, 0.2) is 5.69 Å². The van der Waals surface area contributed by atoms with Gasteiger partial charge in [0.1, 0.15) is 5.82 Å². The van der Waals surface area contributed by atoms with E-state index in [0.29, 0.717) is 18.1 Å². The minimum absolute atomic E-state index is 0.0274. The normalized spacial score (nSPS) is 14.8. The Balaban J connectivity index is 1.48. The molecule has 1 aliphatic carbocycles. The van der Waals surface area contributed by atoms with Gasteiger partial charge in [0.05, 0.1) is 5.69 Å². The monoisotopic (exact) mass is 386 g/mol. The van der Waals surface area contributed by atoms with E-state index in [1.54, 1.807) is 17.8 Å². The summed E-state index contributed by atoms with van der Waals surface area (Å²) < 4.78 is 3.49. The molecular weight excluding hydrogens is 356 g/mol. The molecule has 8 nitrogen and oxygen atoms in total. The van der Waals surface area contributed by atoms with Crippen LogP contribution in [-0.2, 0) is 18.4 Å². The van der Waals surface area contributed by atoms with Crippen molar-refractivity contribution in [3.63, 3.8) is 0 Å². The van der Waals surface area contributed by atoms with Crippen LogP contribution in [0.25, 0.3) is 0 Å². The molecule has 0 aromatic carbocycles. The van der Waals surface area contributed by atoms with Crippen LogP contribution in [0.5, 0.6) is 0 Å². The Morgan fingerprint density at radius 1 is 1.14 bits per heavy atom. The minimum atomic E-state index is -0.234. The highest BCUT2D eigenvalue weighted by Crippen LogP contribution is 2.25. The molecule has 28 heavy (non-hydrogen) atoms. The number of hydrogen-bond donors (Lipinski definition) is 2. The molecule has 1 fully saturated rings. The molecule has 1 aliphatic rings. The van der Waals surface area contributed by atoms with Crippen LogP contribution >= 0.6 is 0 Å². The fourth-order valence-electron chi connectivity index (χ4n) is 3.71. The molecule has 2 aromatic rings. The molecule has 8 heteroatoms. The predicted molar refractivity (Wildman–Crippen MR) is 107 cm³/mol. The number of carbonyl (C=O) groups is 2. The van der Waals surface area contributed by atoms with E-state index in [0.717, 1.165) is 50.0 Å². The van der Waals surface area contributed by atoms with Gasteiger partial charge in [-0.25, -0.2) is 0 Å². The highest BCUT2D eigenvalue weighted by molar-refractivity contribution is 5.96. The van der Waals surface area contributed by atoms with Crippen LogP contribution in [-0.4, -0.2) is 37.9 Å². The lowest BCUT2D eigenvalue weighted by molar-refractivity contribution is -0.120. The van der Waals surface area contributed by atoms with Gasteiger partial charge in [-0.05, 0) is 39.2 Å². The zero-order chi connectivity index (χ0) is 20.1. The van der Waals surface area contributed by atoms with Crippen molar-refractivity contribution in [3.05, 3.63) is 29.2 Å². The molecule has 3 rings (SSSR count). The number of carbonyl (C=O) groups excluding carboxylic acids is 2. The first-order valence-electron chi connectivity index (χ1n) is 10.1. The average Bonchev–Trinajstić information content (AvgIpc) is 3.20. The maximum Gasteiger partial charge on any atom is 0.271 e. The molecule has 0 spiro atoms. The summed E-state index contributed by atoms with van der Waals surface area (Å²) in [6.07, 6.45) is 6.08. The van der Waals surface area contributed by atoms with Crippen molar-refractivity contribution in [1.29, 1.82) is 0 Å². The summed E-state index contributed by atoms with van der Waals surface area (Å²) in [4.78, 5) is 24.8. The number of anilines is 1. The molecule has 0 unspecified atom stereocenters. The number of rotatable bonds is 7. The number of aryl methyl sites for hydroxylation is 4. The van der Waals surface area contributed by atoms with Crippen molar-refractivity contribution in [2.75, 3.05) is 11.9 Å². The second-order valence-corrected chi connectivity index (χ2v) is 7.62. The summed E-state index contributed by atoms with van der Waals surface area (Å²) >= 11 is 0. The fraction of sp³-hybridized carbons (Fsp3) is 0.600. The molecule has 1 saturated carbocycles. The molecule has 2 aromatic heterocycles. The van der Waals surface area contributed by atoms with Gasteiger partial charge in [0.2, 0.25) is 5.91 Å². The maximum absolute atomic E-state index is 12.4. The van der Waals surface area contributed by atoms with Gasteiger partial charge in [0, 0.05) is 37.8 Å². The Labute approximate surface area is 165 Å². The number of nitrogens with zero attached hydrogens (tertiary/aromatic N) is 4. The fourth-order valence-corrected chi connectivity index (χ4v) is 3.71. The predicted octanol–water partition coefficient (Wildman–Crippen LogP) is 2.57. The Morgan fingerprint density at radius 2 is 1.89 bits per heavy atom. The van der Waals surface area contributed by atoms with Gasteiger partial charge in [-0.15, -0.1) is 0 Å². The van der Waals surface area contributed by atoms with Gasteiger partial charge in [-0.2, -0.15) is 10.2 Å². The summed E-state index contributed by atoms with van der Waals surface area (Å²) in [5.74, 6) is 0.417. The van der Waals surface area contributed by atoms with Crippen LogP contribution in [0, 0.1) is 19.8 Å². The molecule has 0 radical (unpaired) electrons. The Kier molecular flexibility index (Phi) is 6.49. The first-order valence-corrected chi connectivity index (χ1v) is 10.1. The van der Waals surface area contributed by atoms with Gasteiger partial charge < -0.3 is 10.6 Å². The lowest BCUT2D eigenvalue weighted by Gasteiger charge is -2.20. The van der Waals surface area contributed by atoms with Crippen molar-refractivity contribution >= 4 is 17.6 Å².